The zero-order valence-electron chi connectivity index (χ0n) is 9.76. The molecule has 0 radical (unpaired) electrons. The van der Waals surface area contributed by atoms with E-state index in [9.17, 15) is 9.59 Å². The zero-order chi connectivity index (χ0) is 12.1. The van der Waals surface area contributed by atoms with E-state index in [1.807, 2.05) is 19.1 Å². The molecule has 2 aromatic rings. The van der Waals surface area contributed by atoms with Gasteiger partial charge in [0.05, 0.1) is 11.0 Å². The summed E-state index contributed by atoms with van der Waals surface area (Å²) < 4.78 is 0. The van der Waals surface area contributed by atoms with Crippen LogP contribution in [0, 0.1) is 6.92 Å². The Kier molecular flexibility index (Phi) is 4.05. The van der Waals surface area contributed by atoms with Crippen molar-refractivity contribution in [3.05, 3.63) is 44.5 Å². The van der Waals surface area contributed by atoms with Crippen LogP contribution < -0.4 is 11.1 Å². The maximum Gasteiger partial charge on any atom is 0.314 e. The van der Waals surface area contributed by atoms with Gasteiger partial charge < -0.3 is 9.97 Å². The monoisotopic (exact) mass is 220 g/mol. The second kappa shape index (κ2) is 5.30. The number of hydrogen-bond acceptors (Lipinski definition) is 2. The van der Waals surface area contributed by atoms with E-state index in [2.05, 4.69) is 23.8 Å². The number of aromatic nitrogens is 2. The molecule has 0 saturated carbocycles. The van der Waals surface area contributed by atoms with Gasteiger partial charge in [-0.25, -0.2) is 0 Å². The molecule has 0 saturated heterocycles. The third-order valence-electron chi connectivity index (χ3n) is 1.88. The van der Waals surface area contributed by atoms with Crippen LogP contribution in [0.3, 0.4) is 0 Å². The molecule has 0 aliphatic carbocycles. The molecule has 4 nitrogen and oxygen atoms in total. The van der Waals surface area contributed by atoms with Crippen LogP contribution in [-0.4, -0.2) is 9.97 Å². The van der Waals surface area contributed by atoms with Crippen LogP contribution in [0.2, 0.25) is 0 Å². The summed E-state index contributed by atoms with van der Waals surface area (Å²) in [5.74, 6) is 0. The van der Waals surface area contributed by atoms with Crippen molar-refractivity contribution in [2.24, 2.45) is 0 Å². The molecule has 0 aliphatic rings. The van der Waals surface area contributed by atoms with E-state index < -0.39 is 11.1 Å². The first kappa shape index (κ1) is 12.2. The van der Waals surface area contributed by atoms with Gasteiger partial charge in [0, 0.05) is 0 Å². The number of rotatable bonds is 0. The minimum absolute atomic E-state index is 0.613. The first-order valence-electron chi connectivity index (χ1n) is 5.31. The minimum Gasteiger partial charge on any atom is -0.316 e. The largest absolute Gasteiger partial charge is 0.316 e. The van der Waals surface area contributed by atoms with Crippen molar-refractivity contribution in [2.75, 3.05) is 0 Å². The van der Waals surface area contributed by atoms with E-state index in [0.29, 0.717) is 11.0 Å². The Bertz CT molecular complexity index is 581. The average molecular weight is 220 g/mol. The highest BCUT2D eigenvalue weighted by molar-refractivity contribution is 5.74. The summed E-state index contributed by atoms with van der Waals surface area (Å²) in [6.07, 6.45) is 1.25. The third-order valence-corrected chi connectivity index (χ3v) is 1.88. The van der Waals surface area contributed by atoms with Crippen LogP contribution in [-0.2, 0) is 0 Å². The molecular weight excluding hydrogens is 204 g/mol. The first-order valence-corrected chi connectivity index (χ1v) is 5.31. The molecule has 0 aliphatic heterocycles. The molecule has 0 bridgehead atoms. The fraction of sp³-hybridized carbons (Fsp3) is 0.333. The van der Waals surface area contributed by atoms with Crippen molar-refractivity contribution < 1.29 is 0 Å². The normalized spacial score (nSPS) is 9.69. The second-order valence-corrected chi connectivity index (χ2v) is 3.66. The molecule has 16 heavy (non-hydrogen) atoms. The van der Waals surface area contributed by atoms with E-state index in [-0.39, 0.29) is 0 Å². The summed E-state index contributed by atoms with van der Waals surface area (Å²) in [5, 5.41) is 0. The van der Waals surface area contributed by atoms with Gasteiger partial charge in [0.2, 0.25) is 0 Å². The fourth-order valence-electron chi connectivity index (χ4n) is 1.23. The molecule has 0 unspecified atom stereocenters. The van der Waals surface area contributed by atoms with Crippen LogP contribution in [0.15, 0.2) is 27.8 Å². The van der Waals surface area contributed by atoms with Crippen LogP contribution in [0.1, 0.15) is 25.8 Å². The molecule has 0 fully saturated rings. The van der Waals surface area contributed by atoms with Gasteiger partial charge in [-0.05, 0) is 24.6 Å². The van der Waals surface area contributed by atoms with Crippen molar-refractivity contribution in [1.82, 2.24) is 9.97 Å². The van der Waals surface area contributed by atoms with Crippen LogP contribution >= 0.6 is 0 Å². The molecule has 2 rings (SSSR count). The highest BCUT2D eigenvalue weighted by atomic mass is 16.2. The quantitative estimate of drug-likeness (QED) is 0.666. The van der Waals surface area contributed by atoms with Gasteiger partial charge in [-0.1, -0.05) is 26.3 Å². The number of benzene rings is 1. The molecule has 1 aromatic carbocycles. The number of hydrogen-bond donors (Lipinski definition) is 2. The molecule has 1 aromatic heterocycles. The highest BCUT2D eigenvalue weighted by Gasteiger charge is 1.97. The minimum atomic E-state index is -0.614. The summed E-state index contributed by atoms with van der Waals surface area (Å²) in [7, 11) is 0. The maximum absolute atomic E-state index is 10.9. The van der Waals surface area contributed by atoms with Gasteiger partial charge in [0.15, 0.2) is 0 Å². The van der Waals surface area contributed by atoms with Crippen molar-refractivity contribution in [1.29, 1.82) is 0 Å². The van der Waals surface area contributed by atoms with Crippen molar-refractivity contribution in [3.63, 3.8) is 0 Å². The van der Waals surface area contributed by atoms with Gasteiger partial charge in [-0.3, -0.25) is 9.59 Å². The lowest BCUT2D eigenvalue weighted by Gasteiger charge is -1.97. The Morgan fingerprint density at radius 2 is 1.50 bits per heavy atom. The fourth-order valence-corrected chi connectivity index (χ4v) is 1.23. The van der Waals surface area contributed by atoms with Crippen LogP contribution in [0.25, 0.3) is 11.0 Å². The topological polar surface area (TPSA) is 65.7 Å². The van der Waals surface area contributed by atoms with Crippen LogP contribution in [0.4, 0.5) is 0 Å². The highest BCUT2D eigenvalue weighted by Crippen LogP contribution is 2.07. The van der Waals surface area contributed by atoms with Gasteiger partial charge in [-0.15, -0.1) is 0 Å². The Hall–Kier alpha value is -1.84. The van der Waals surface area contributed by atoms with Crippen molar-refractivity contribution >= 4 is 11.0 Å². The van der Waals surface area contributed by atoms with E-state index in [4.69, 9.17) is 0 Å². The zero-order valence-corrected chi connectivity index (χ0v) is 9.76. The molecule has 86 valence electrons. The van der Waals surface area contributed by atoms with E-state index in [0.717, 1.165) is 5.56 Å². The molecule has 0 spiro atoms. The summed E-state index contributed by atoms with van der Waals surface area (Å²) in [6.45, 7) is 6.17. The molecule has 1 heterocycles. The molecular formula is C12H16N2O2. The summed E-state index contributed by atoms with van der Waals surface area (Å²) in [4.78, 5) is 26.8. The third kappa shape index (κ3) is 2.82. The Labute approximate surface area is 93.3 Å². The molecule has 0 amide bonds. The molecule has 2 N–H and O–H groups in total. The number of aromatic amines is 2. The second-order valence-electron chi connectivity index (χ2n) is 3.66. The first-order chi connectivity index (χ1) is 7.58. The Morgan fingerprint density at radius 3 is 2.06 bits per heavy atom. The van der Waals surface area contributed by atoms with Gasteiger partial charge in [-0.2, -0.15) is 0 Å². The number of nitrogens with one attached hydrogen (secondary N) is 2. The smallest absolute Gasteiger partial charge is 0.314 e. The Balaban J connectivity index is 0.000000386. The van der Waals surface area contributed by atoms with E-state index >= 15 is 0 Å². The standard InChI is InChI=1S/C9H8N2O2.C3H8/c1-5-2-3-6-7(4-5)11-9(13)8(12)10-6;1-3-2/h2-4H,1H3,(H,10,12)(H,11,13);3H2,1-2H3. The van der Waals surface area contributed by atoms with Gasteiger partial charge in [0.25, 0.3) is 0 Å². The average Bonchev–Trinajstić information content (AvgIpc) is 2.21. The number of fused-ring (bicyclic) bond motifs is 1. The summed E-state index contributed by atoms with van der Waals surface area (Å²) in [6, 6.07) is 5.45. The predicted molar refractivity (Wildman–Crippen MR) is 65.9 cm³/mol. The predicted octanol–water partition coefficient (Wildman–Crippen LogP) is 1.94. The summed E-state index contributed by atoms with van der Waals surface area (Å²) >= 11 is 0. The lowest BCUT2D eigenvalue weighted by molar-refractivity contribution is 1.09. The lowest BCUT2D eigenvalue weighted by Crippen LogP contribution is -2.28. The molecule has 4 heteroatoms. The maximum atomic E-state index is 10.9. The van der Waals surface area contributed by atoms with E-state index in [1.165, 1.54) is 6.42 Å². The Morgan fingerprint density at radius 1 is 1.00 bits per heavy atom. The number of H-pyrrole nitrogens is 2. The van der Waals surface area contributed by atoms with Crippen molar-refractivity contribution in [2.45, 2.75) is 27.2 Å². The summed E-state index contributed by atoms with van der Waals surface area (Å²) in [5.41, 5.74) is 1.12. The van der Waals surface area contributed by atoms with E-state index in [1.54, 1.807) is 6.07 Å². The SMILES string of the molecule is CCC.Cc1ccc2[nH]c(=O)c(=O)[nH]c2c1. The van der Waals surface area contributed by atoms with Gasteiger partial charge in [0.1, 0.15) is 0 Å². The molecule has 0 atom stereocenters. The van der Waals surface area contributed by atoms with Crippen LogP contribution in [0.5, 0.6) is 0 Å². The van der Waals surface area contributed by atoms with Gasteiger partial charge >= 0.3 is 11.1 Å². The lowest BCUT2D eigenvalue weighted by atomic mass is 10.2. The number of aryl methyl sites for hydroxylation is 1. The van der Waals surface area contributed by atoms with Crippen molar-refractivity contribution in [3.8, 4) is 0 Å².